The van der Waals surface area contributed by atoms with E-state index in [1.807, 2.05) is 12.1 Å². The minimum atomic E-state index is -4.51. The Hall–Kier alpha value is -4.35. The van der Waals surface area contributed by atoms with Crippen LogP contribution in [0, 0.1) is 0 Å². The highest BCUT2D eigenvalue weighted by molar-refractivity contribution is 9.10. The number of thioether (sulfide) groups is 1. The van der Waals surface area contributed by atoms with Crippen LogP contribution in [0.25, 0.3) is 6.08 Å². The van der Waals surface area contributed by atoms with Crippen LogP contribution in [-0.2, 0) is 15.8 Å². The molecule has 0 radical (unpaired) electrons. The van der Waals surface area contributed by atoms with E-state index in [1.165, 1.54) is 23.9 Å². The first-order valence-electron chi connectivity index (χ1n) is 12.9. The molecule has 4 aromatic rings. The van der Waals surface area contributed by atoms with Gasteiger partial charge in [0.25, 0.3) is 11.8 Å². The number of benzene rings is 4. The number of carbonyl (C=O) groups excluding carboxylic acids is 3. The van der Waals surface area contributed by atoms with Gasteiger partial charge in [-0.15, -0.1) is 11.8 Å². The molecule has 6 nitrogen and oxygen atoms in total. The summed E-state index contributed by atoms with van der Waals surface area (Å²) in [6.45, 7) is 1.64. The second-order valence-electron chi connectivity index (χ2n) is 9.24. The van der Waals surface area contributed by atoms with Crippen LogP contribution >= 0.6 is 27.7 Å². The summed E-state index contributed by atoms with van der Waals surface area (Å²) < 4.78 is 39.8. The summed E-state index contributed by atoms with van der Waals surface area (Å²) in [5.41, 5.74) is 0.783. The average molecular weight is 669 g/mol. The summed E-state index contributed by atoms with van der Waals surface area (Å²) in [6, 6.07) is 26.9. The number of hydrogen-bond acceptors (Lipinski definition) is 4. The van der Waals surface area contributed by atoms with Crippen LogP contribution < -0.4 is 16.0 Å². The largest absolute Gasteiger partial charge is 0.416 e. The Morgan fingerprint density at radius 1 is 0.814 bits per heavy atom. The molecule has 0 bridgehead atoms. The molecular weight excluding hydrogens is 643 g/mol. The van der Waals surface area contributed by atoms with Crippen LogP contribution in [0.4, 0.5) is 24.5 Å². The Morgan fingerprint density at radius 2 is 1.49 bits per heavy atom. The number of nitrogens with one attached hydrogen (secondary N) is 3. The van der Waals surface area contributed by atoms with Crippen LogP contribution in [-0.4, -0.2) is 23.0 Å². The third-order valence-corrected chi connectivity index (χ3v) is 7.60. The Labute approximate surface area is 258 Å². The number of halogens is 4. The van der Waals surface area contributed by atoms with E-state index in [0.29, 0.717) is 21.7 Å². The highest BCUT2D eigenvalue weighted by atomic mass is 79.9. The molecule has 0 aliphatic carbocycles. The molecule has 0 saturated heterocycles. The van der Waals surface area contributed by atoms with Crippen molar-refractivity contribution in [1.82, 2.24) is 5.32 Å². The number of alkyl halides is 3. The molecule has 43 heavy (non-hydrogen) atoms. The van der Waals surface area contributed by atoms with Gasteiger partial charge in [-0.05, 0) is 85.3 Å². The van der Waals surface area contributed by atoms with Gasteiger partial charge in [0.05, 0.1) is 10.8 Å². The molecule has 3 amide bonds. The van der Waals surface area contributed by atoms with Crippen LogP contribution in [0.2, 0.25) is 0 Å². The van der Waals surface area contributed by atoms with Crippen molar-refractivity contribution in [2.75, 3.05) is 10.6 Å². The van der Waals surface area contributed by atoms with Crippen molar-refractivity contribution < 1.29 is 27.6 Å². The first-order valence-corrected chi connectivity index (χ1v) is 14.5. The Kier molecular flexibility index (Phi) is 10.4. The van der Waals surface area contributed by atoms with Gasteiger partial charge in [-0.25, -0.2) is 0 Å². The Morgan fingerprint density at radius 3 is 2.14 bits per heavy atom. The molecular formula is C32H25BrF3N3O3S. The number of hydrogen-bond donors (Lipinski definition) is 3. The lowest BCUT2D eigenvalue weighted by atomic mass is 10.1. The Balaban J connectivity index is 1.41. The molecule has 0 spiro atoms. The van der Waals surface area contributed by atoms with E-state index in [2.05, 4.69) is 31.9 Å². The number of carbonyl (C=O) groups is 3. The second kappa shape index (κ2) is 14.2. The first-order chi connectivity index (χ1) is 20.5. The Bertz CT molecular complexity index is 1630. The van der Waals surface area contributed by atoms with E-state index in [-0.39, 0.29) is 11.4 Å². The molecule has 11 heteroatoms. The van der Waals surface area contributed by atoms with E-state index in [9.17, 15) is 27.6 Å². The van der Waals surface area contributed by atoms with Gasteiger partial charge in [0.1, 0.15) is 5.70 Å². The lowest BCUT2D eigenvalue weighted by molar-refractivity contribution is -0.137. The normalized spacial score (nSPS) is 12.3. The molecule has 0 aromatic heterocycles. The number of rotatable bonds is 9. The molecule has 4 aromatic carbocycles. The molecule has 0 aliphatic rings. The molecule has 3 N–H and O–H groups in total. The summed E-state index contributed by atoms with van der Waals surface area (Å²) in [5.74, 6) is -1.44. The van der Waals surface area contributed by atoms with Crippen molar-refractivity contribution in [2.24, 2.45) is 0 Å². The molecule has 4 rings (SSSR count). The van der Waals surface area contributed by atoms with Crippen LogP contribution in [0.15, 0.2) is 118 Å². The lowest BCUT2D eigenvalue weighted by Crippen LogP contribution is -2.30. The molecule has 0 saturated carbocycles. The van der Waals surface area contributed by atoms with Gasteiger partial charge in [-0.1, -0.05) is 52.3 Å². The summed E-state index contributed by atoms with van der Waals surface area (Å²) in [4.78, 5) is 39.4. The van der Waals surface area contributed by atoms with Crippen LogP contribution in [0.1, 0.15) is 28.4 Å². The zero-order valence-corrected chi connectivity index (χ0v) is 25.0. The molecule has 1 atom stereocenters. The monoisotopic (exact) mass is 667 g/mol. The summed E-state index contributed by atoms with van der Waals surface area (Å²) in [7, 11) is 0. The third-order valence-electron chi connectivity index (χ3n) is 5.96. The van der Waals surface area contributed by atoms with Crippen molar-refractivity contribution in [3.05, 3.63) is 130 Å². The van der Waals surface area contributed by atoms with Crippen LogP contribution in [0.5, 0.6) is 0 Å². The molecule has 0 fully saturated rings. The van der Waals surface area contributed by atoms with Gasteiger partial charge in [0, 0.05) is 26.3 Å². The molecule has 0 aliphatic heterocycles. The van der Waals surface area contributed by atoms with Gasteiger partial charge in [-0.3, -0.25) is 14.4 Å². The van der Waals surface area contributed by atoms with Crippen molar-refractivity contribution in [2.45, 2.75) is 23.2 Å². The van der Waals surface area contributed by atoms with Gasteiger partial charge in [-0.2, -0.15) is 13.2 Å². The topological polar surface area (TPSA) is 87.3 Å². The number of amides is 3. The lowest BCUT2D eigenvalue weighted by Gasteiger charge is -2.14. The zero-order valence-electron chi connectivity index (χ0n) is 22.6. The fraction of sp³-hybridized carbons (Fsp3) is 0.0938. The zero-order chi connectivity index (χ0) is 31.0. The maximum atomic E-state index is 13.2. The predicted molar refractivity (Wildman–Crippen MR) is 166 cm³/mol. The van der Waals surface area contributed by atoms with E-state index in [0.717, 1.165) is 16.6 Å². The average Bonchev–Trinajstić information content (AvgIpc) is 2.99. The summed E-state index contributed by atoms with van der Waals surface area (Å²) in [6.07, 6.45) is -2.95. The third kappa shape index (κ3) is 9.32. The molecule has 0 heterocycles. The van der Waals surface area contributed by atoms with Gasteiger partial charge >= 0.3 is 6.18 Å². The minimum Gasteiger partial charge on any atom is -0.325 e. The smallest absolute Gasteiger partial charge is 0.325 e. The fourth-order valence-electron chi connectivity index (χ4n) is 3.76. The summed E-state index contributed by atoms with van der Waals surface area (Å²) in [5, 5.41) is 7.35. The van der Waals surface area contributed by atoms with E-state index in [4.69, 9.17) is 0 Å². The SMILES string of the molecule is CC(Sc1ccc(NC(=O)/C(=C/c2ccc(Br)cc2)NC(=O)c2ccccc2)cc1)C(=O)Nc1cccc(C(F)(F)F)c1. The maximum Gasteiger partial charge on any atom is 0.416 e. The second-order valence-corrected chi connectivity index (χ2v) is 11.6. The van der Waals surface area contributed by atoms with Gasteiger partial charge in [0.2, 0.25) is 5.91 Å². The minimum absolute atomic E-state index is 0.0366. The molecule has 220 valence electrons. The first kappa shape index (κ1) is 31.6. The quantitative estimate of drug-likeness (QED) is 0.125. The maximum absolute atomic E-state index is 13.2. The van der Waals surface area contributed by atoms with Crippen molar-refractivity contribution in [1.29, 1.82) is 0 Å². The van der Waals surface area contributed by atoms with Crippen LogP contribution in [0.3, 0.4) is 0 Å². The van der Waals surface area contributed by atoms with Crippen molar-refractivity contribution in [3.63, 3.8) is 0 Å². The summed E-state index contributed by atoms with van der Waals surface area (Å²) >= 11 is 4.58. The number of anilines is 2. The van der Waals surface area contributed by atoms with Gasteiger partial charge < -0.3 is 16.0 Å². The standard InChI is InChI=1S/C32H25BrF3N3O3S/c1-20(29(40)38-26-9-5-8-23(19-26)32(34,35)36)43-27-16-14-25(15-17-27)37-31(42)28(18-21-10-12-24(33)13-11-21)39-30(41)22-6-3-2-4-7-22/h2-20H,1H3,(H,37,42)(H,38,40)(H,39,41)/b28-18-. The fourth-order valence-corrected chi connectivity index (χ4v) is 4.89. The van der Waals surface area contributed by atoms with E-state index >= 15 is 0 Å². The molecule has 1 unspecified atom stereocenters. The van der Waals surface area contributed by atoms with Gasteiger partial charge in [0.15, 0.2) is 0 Å². The van der Waals surface area contributed by atoms with E-state index in [1.54, 1.807) is 79.7 Å². The predicted octanol–water partition coefficient (Wildman–Crippen LogP) is 8.00. The highest BCUT2D eigenvalue weighted by Crippen LogP contribution is 2.31. The highest BCUT2D eigenvalue weighted by Gasteiger charge is 2.30. The van der Waals surface area contributed by atoms with Crippen molar-refractivity contribution >= 4 is 62.9 Å². The van der Waals surface area contributed by atoms with Crippen molar-refractivity contribution in [3.8, 4) is 0 Å². The van der Waals surface area contributed by atoms with E-state index < -0.39 is 34.7 Å².